The molecule has 0 unspecified atom stereocenters. The standard InChI is InChI=1S/C34H51NO7S/c1-21(20-41-31(38)35-43(39,40)25-8-6-24(7-9-25)42-32(2)14-5-15-32)26-10-11-27-30-28(13-17-34(26,27)4)33(3)16-12-23(36)18-22(33)19-29(30)37/h6-9,21-23,26-30,36-37H,5,10-20H2,1-4H3,(H,35,38)/t21-,22+,23-,26-,27+,28+,29-,30+,33+,34-/m1/s1. The zero-order chi connectivity index (χ0) is 30.8. The van der Waals surface area contributed by atoms with Crippen molar-refractivity contribution in [2.45, 2.75) is 121 Å². The lowest BCUT2D eigenvalue weighted by atomic mass is 9.43. The van der Waals surface area contributed by atoms with Crippen LogP contribution in [0.5, 0.6) is 5.75 Å². The van der Waals surface area contributed by atoms with Gasteiger partial charge in [-0.1, -0.05) is 20.8 Å². The van der Waals surface area contributed by atoms with Gasteiger partial charge in [-0.15, -0.1) is 0 Å². The molecule has 5 saturated carbocycles. The zero-order valence-electron chi connectivity index (χ0n) is 26.3. The topological polar surface area (TPSA) is 122 Å². The van der Waals surface area contributed by atoms with Gasteiger partial charge in [-0.3, -0.25) is 0 Å². The van der Waals surface area contributed by atoms with Crippen LogP contribution in [0.15, 0.2) is 29.2 Å². The number of nitrogens with one attached hydrogen (secondary N) is 1. The minimum atomic E-state index is -4.07. The first-order chi connectivity index (χ1) is 20.2. The van der Waals surface area contributed by atoms with Gasteiger partial charge in [0.1, 0.15) is 11.4 Å². The summed E-state index contributed by atoms with van der Waals surface area (Å²) in [5.41, 5.74) is 0.0420. The van der Waals surface area contributed by atoms with Crippen molar-refractivity contribution in [3.05, 3.63) is 24.3 Å². The molecule has 0 saturated heterocycles. The molecule has 5 aliphatic rings. The molecular weight excluding hydrogens is 566 g/mol. The van der Waals surface area contributed by atoms with Gasteiger partial charge in [0.15, 0.2) is 0 Å². The van der Waals surface area contributed by atoms with Gasteiger partial charge in [0, 0.05) is 0 Å². The highest BCUT2D eigenvalue weighted by Gasteiger charge is 2.63. The average Bonchev–Trinajstić information content (AvgIpc) is 3.29. The molecule has 1 aromatic rings. The van der Waals surface area contributed by atoms with Crippen molar-refractivity contribution in [2.24, 2.45) is 46.3 Å². The largest absolute Gasteiger partial charge is 0.488 e. The van der Waals surface area contributed by atoms with E-state index in [0.29, 0.717) is 29.4 Å². The summed E-state index contributed by atoms with van der Waals surface area (Å²) in [7, 11) is -4.07. The number of carbonyl (C=O) groups excluding carboxylic acids is 1. The predicted molar refractivity (Wildman–Crippen MR) is 163 cm³/mol. The molecule has 0 bridgehead atoms. The third kappa shape index (κ3) is 5.60. The monoisotopic (exact) mass is 617 g/mol. The second-order valence-electron chi connectivity index (χ2n) is 15.5. The maximum absolute atomic E-state index is 12.9. The van der Waals surface area contributed by atoms with Gasteiger partial charge in [0.2, 0.25) is 0 Å². The molecule has 10 atom stereocenters. The number of hydrogen-bond donors (Lipinski definition) is 3. The van der Waals surface area contributed by atoms with E-state index in [0.717, 1.165) is 70.6 Å². The molecule has 3 N–H and O–H groups in total. The minimum Gasteiger partial charge on any atom is -0.488 e. The lowest BCUT2D eigenvalue weighted by Gasteiger charge is -2.62. The Morgan fingerprint density at radius 2 is 1.63 bits per heavy atom. The van der Waals surface area contributed by atoms with Gasteiger partial charge in [0.25, 0.3) is 10.0 Å². The zero-order valence-corrected chi connectivity index (χ0v) is 27.1. The molecule has 0 spiro atoms. The van der Waals surface area contributed by atoms with E-state index in [4.69, 9.17) is 9.47 Å². The normalized spacial score (nSPS) is 40.7. The number of sulfonamides is 1. The smallest absolute Gasteiger partial charge is 0.421 e. The van der Waals surface area contributed by atoms with E-state index in [1.165, 1.54) is 12.1 Å². The lowest BCUT2D eigenvalue weighted by Crippen LogP contribution is -2.58. The molecule has 1 amide bonds. The van der Waals surface area contributed by atoms with E-state index in [1.54, 1.807) is 12.1 Å². The first-order valence-electron chi connectivity index (χ1n) is 16.6. The first kappa shape index (κ1) is 31.2. The Morgan fingerprint density at radius 1 is 0.953 bits per heavy atom. The van der Waals surface area contributed by atoms with Gasteiger partial charge in [-0.2, -0.15) is 0 Å². The van der Waals surface area contributed by atoms with Crippen LogP contribution in [-0.4, -0.2) is 49.1 Å². The van der Waals surface area contributed by atoms with Crippen LogP contribution in [0.2, 0.25) is 0 Å². The number of amides is 1. The van der Waals surface area contributed by atoms with Crippen LogP contribution in [0, 0.1) is 46.3 Å². The van der Waals surface area contributed by atoms with Crippen molar-refractivity contribution in [3.8, 4) is 5.75 Å². The number of ether oxygens (including phenoxy) is 2. The molecule has 1 aromatic carbocycles. The molecule has 6 rings (SSSR count). The number of hydrogen-bond acceptors (Lipinski definition) is 7. The van der Waals surface area contributed by atoms with E-state index in [9.17, 15) is 23.4 Å². The van der Waals surface area contributed by atoms with E-state index in [2.05, 4.69) is 32.4 Å². The fourth-order valence-electron chi connectivity index (χ4n) is 10.4. The van der Waals surface area contributed by atoms with E-state index < -0.39 is 16.1 Å². The van der Waals surface area contributed by atoms with Gasteiger partial charge < -0.3 is 19.7 Å². The van der Waals surface area contributed by atoms with Crippen LogP contribution >= 0.6 is 0 Å². The van der Waals surface area contributed by atoms with Gasteiger partial charge in [0.05, 0.1) is 23.7 Å². The second-order valence-corrected chi connectivity index (χ2v) is 17.2. The molecule has 0 aliphatic heterocycles. The highest BCUT2D eigenvalue weighted by atomic mass is 32.2. The average molecular weight is 618 g/mol. The Kier molecular flexibility index (Phi) is 8.11. The summed E-state index contributed by atoms with van der Waals surface area (Å²) < 4.78 is 39.3. The Balaban J connectivity index is 1.05. The van der Waals surface area contributed by atoms with Crippen LogP contribution in [0.1, 0.15) is 98.3 Å². The Labute approximate surface area is 257 Å². The van der Waals surface area contributed by atoms with Crippen LogP contribution in [0.4, 0.5) is 4.79 Å². The molecule has 9 heteroatoms. The van der Waals surface area contributed by atoms with Crippen molar-refractivity contribution in [3.63, 3.8) is 0 Å². The molecule has 5 fully saturated rings. The summed E-state index contributed by atoms with van der Waals surface area (Å²) in [6.07, 6.45) is 9.32. The van der Waals surface area contributed by atoms with Crippen molar-refractivity contribution < 1.29 is 32.9 Å². The van der Waals surface area contributed by atoms with Crippen LogP contribution in [0.3, 0.4) is 0 Å². The highest BCUT2D eigenvalue weighted by molar-refractivity contribution is 7.90. The summed E-state index contributed by atoms with van der Waals surface area (Å²) >= 11 is 0. The number of aliphatic hydroxyl groups is 2. The first-order valence-corrected chi connectivity index (χ1v) is 18.1. The summed E-state index contributed by atoms with van der Waals surface area (Å²) in [5.74, 6) is 2.58. The maximum Gasteiger partial charge on any atom is 0.421 e. The quantitative estimate of drug-likeness (QED) is 0.341. The van der Waals surface area contributed by atoms with Crippen molar-refractivity contribution in [1.29, 1.82) is 0 Å². The Bertz CT molecular complexity index is 1300. The molecule has 0 radical (unpaired) electrons. The molecule has 43 heavy (non-hydrogen) atoms. The number of rotatable bonds is 7. The third-order valence-corrected chi connectivity index (χ3v) is 14.3. The third-order valence-electron chi connectivity index (χ3n) is 13.0. The van der Waals surface area contributed by atoms with Crippen molar-refractivity contribution >= 4 is 16.1 Å². The Morgan fingerprint density at radius 3 is 2.30 bits per heavy atom. The highest BCUT2D eigenvalue weighted by Crippen LogP contribution is 2.68. The predicted octanol–water partition coefficient (Wildman–Crippen LogP) is 6.05. The van der Waals surface area contributed by atoms with E-state index in [1.807, 2.05) is 0 Å². The summed E-state index contributed by atoms with van der Waals surface area (Å²) in [5, 5.41) is 21.8. The van der Waals surface area contributed by atoms with E-state index in [-0.39, 0.29) is 52.0 Å². The fourth-order valence-corrected chi connectivity index (χ4v) is 11.3. The van der Waals surface area contributed by atoms with Crippen molar-refractivity contribution in [2.75, 3.05) is 6.61 Å². The van der Waals surface area contributed by atoms with E-state index >= 15 is 0 Å². The van der Waals surface area contributed by atoms with Gasteiger partial charge in [-0.25, -0.2) is 17.9 Å². The summed E-state index contributed by atoms with van der Waals surface area (Å²) in [6.45, 7) is 9.09. The molecule has 5 aliphatic carbocycles. The van der Waals surface area contributed by atoms with Crippen molar-refractivity contribution in [1.82, 2.24) is 4.72 Å². The molecule has 240 valence electrons. The summed E-state index contributed by atoms with van der Waals surface area (Å²) in [4.78, 5) is 12.6. The number of carbonyl (C=O) groups is 1. The minimum absolute atomic E-state index is 0.0130. The summed E-state index contributed by atoms with van der Waals surface area (Å²) in [6, 6.07) is 6.14. The van der Waals surface area contributed by atoms with Crippen LogP contribution in [-0.2, 0) is 14.8 Å². The number of benzene rings is 1. The molecular formula is C34H51NO7S. The number of fused-ring (bicyclic) bond motifs is 5. The SMILES string of the molecule is C[C@H](COC(=O)NS(=O)(=O)c1ccc(OC2(C)CCC2)cc1)[C@H]1CC[C@H]2[C@@H]3[C@H](O)C[C@@H]4C[C@H](O)CC[C@]4(C)[C@H]3CC[C@]12C. The number of aliphatic hydroxyl groups excluding tert-OH is 2. The van der Waals surface area contributed by atoms with Gasteiger partial charge >= 0.3 is 6.09 Å². The fraction of sp³-hybridized carbons (Fsp3) is 0.794. The maximum atomic E-state index is 12.9. The van der Waals surface area contributed by atoms with Crippen LogP contribution < -0.4 is 9.46 Å². The molecule has 0 heterocycles. The van der Waals surface area contributed by atoms with Gasteiger partial charge in [-0.05, 0) is 148 Å². The molecule has 8 nitrogen and oxygen atoms in total. The molecule has 0 aromatic heterocycles. The Hall–Kier alpha value is -1.84. The lowest BCUT2D eigenvalue weighted by molar-refractivity contribution is -0.174. The second kappa shape index (κ2) is 11.2. The van der Waals surface area contributed by atoms with Crippen LogP contribution in [0.25, 0.3) is 0 Å².